The van der Waals surface area contributed by atoms with Crippen molar-refractivity contribution in [2.45, 2.75) is 13.8 Å². The second-order valence-electron chi connectivity index (χ2n) is 4.36. The van der Waals surface area contributed by atoms with Gasteiger partial charge in [-0.05, 0) is 13.8 Å². The average molecular weight is 352 g/mol. The first kappa shape index (κ1) is 27.4. The lowest BCUT2D eigenvalue weighted by atomic mass is 9.93. The third-order valence-corrected chi connectivity index (χ3v) is 2.39. The van der Waals surface area contributed by atoms with Gasteiger partial charge < -0.3 is 34.6 Å². The topological polar surface area (TPSA) is 126 Å². The molecule has 0 aromatic carbocycles. The molecule has 0 fully saturated rings. The first-order valence-electron chi connectivity index (χ1n) is 7.49. The fourth-order valence-corrected chi connectivity index (χ4v) is 0.800. The van der Waals surface area contributed by atoms with Crippen LogP contribution in [-0.4, -0.2) is 79.4 Å². The van der Waals surface area contributed by atoms with E-state index in [1.165, 1.54) is 12.2 Å². The maximum absolute atomic E-state index is 10.4. The Morgan fingerprint density at radius 2 is 1.21 bits per heavy atom. The Morgan fingerprint density at radius 1 is 0.875 bits per heavy atom. The van der Waals surface area contributed by atoms with Crippen molar-refractivity contribution in [3.63, 3.8) is 0 Å². The molecule has 0 amide bonds. The Kier molecular flexibility index (Phi) is 24.6. The molecule has 0 saturated heterocycles. The van der Waals surface area contributed by atoms with Crippen LogP contribution in [0.1, 0.15) is 13.8 Å². The maximum atomic E-state index is 10.4. The van der Waals surface area contributed by atoms with Gasteiger partial charge in [0.25, 0.3) is 0 Å². The average Bonchev–Trinajstić information content (AvgIpc) is 2.62. The highest BCUT2D eigenvalue weighted by Crippen LogP contribution is 2.11. The molecule has 4 N–H and O–H groups in total. The quantitative estimate of drug-likeness (QED) is 0.331. The number of aliphatic hydroxyl groups is 4. The number of aliphatic hydroxyl groups excluding tert-OH is 4. The lowest BCUT2D eigenvalue weighted by Gasteiger charge is -2.23. The zero-order valence-electron chi connectivity index (χ0n) is 14.6. The van der Waals surface area contributed by atoms with Crippen molar-refractivity contribution in [3.05, 3.63) is 25.3 Å². The monoisotopic (exact) mass is 352 g/mol. The van der Waals surface area contributed by atoms with Crippen molar-refractivity contribution in [1.29, 1.82) is 0 Å². The van der Waals surface area contributed by atoms with E-state index in [1.54, 1.807) is 0 Å². The summed E-state index contributed by atoms with van der Waals surface area (Å²) in [5, 5.41) is 34.0. The summed E-state index contributed by atoms with van der Waals surface area (Å²) in [6, 6.07) is 0. The highest BCUT2D eigenvalue weighted by atomic mass is 16.7. The molecule has 0 aliphatic rings. The van der Waals surface area contributed by atoms with Gasteiger partial charge in [-0.15, -0.1) is 0 Å². The van der Waals surface area contributed by atoms with E-state index in [4.69, 9.17) is 25.2 Å². The molecule has 0 aliphatic carbocycles. The number of hydrogen-bond acceptors (Lipinski definition) is 8. The van der Waals surface area contributed by atoms with Gasteiger partial charge in [0, 0.05) is 13.2 Å². The largest absolute Gasteiger partial charge is 0.508 e. The van der Waals surface area contributed by atoms with Crippen LogP contribution >= 0.6 is 0 Å². The van der Waals surface area contributed by atoms with Gasteiger partial charge in [-0.2, -0.15) is 0 Å². The standard InChI is InChI=1S/C7H10O3.C5H12O4.C4H10O/c1-3-5-9-7(8)10-6-4-2;6-1-5(2-7,3-8)4-9;1-3-5-4-2/h3-4H,1-2,5-6H2;6-9H,1-4H2;3-4H2,1-2H3. The predicted molar refractivity (Wildman–Crippen MR) is 90.6 cm³/mol. The van der Waals surface area contributed by atoms with E-state index in [0.29, 0.717) is 0 Å². The molecule has 24 heavy (non-hydrogen) atoms. The summed E-state index contributed by atoms with van der Waals surface area (Å²) >= 11 is 0. The molecule has 0 aromatic rings. The molecule has 0 bridgehead atoms. The van der Waals surface area contributed by atoms with Crippen LogP contribution in [0.15, 0.2) is 25.3 Å². The van der Waals surface area contributed by atoms with Crippen LogP contribution in [-0.2, 0) is 14.2 Å². The fraction of sp³-hybridized carbons (Fsp3) is 0.688. The molecule has 8 heteroatoms. The van der Waals surface area contributed by atoms with E-state index in [-0.39, 0.29) is 13.2 Å². The summed E-state index contributed by atoms with van der Waals surface area (Å²) in [5.74, 6) is 0. The molecule has 0 atom stereocenters. The van der Waals surface area contributed by atoms with Gasteiger partial charge in [0.05, 0.1) is 31.8 Å². The summed E-state index contributed by atoms with van der Waals surface area (Å²) in [4.78, 5) is 10.4. The fourth-order valence-electron chi connectivity index (χ4n) is 0.800. The van der Waals surface area contributed by atoms with Gasteiger partial charge in [-0.3, -0.25) is 0 Å². The van der Waals surface area contributed by atoms with Crippen LogP contribution in [0.25, 0.3) is 0 Å². The molecular weight excluding hydrogens is 320 g/mol. The van der Waals surface area contributed by atoms with Gasteiger partial charge >= 0.3 is 6.16 Å². The maximum Gasteiger partial charge on any atom is 0.508 e. The number of carbonyl (C=O) groups is 1. The molecule has 0 rings (SSSR count). The zero-order valence-corrected chi connectivity index (χ0v) is 14.6. The third kappa shape index (κ3) is 18.6. The van der Waals surface area contributed by atoms with Crippen LogP contribution in [0.3, 0.4) is 0 Å². The van der Waals surface area contributed by atoms with Crippen LogP contribution in [0.2, 0.25) is 0 Å². The van der Waals surface area contributed by atoms with Crippen molar-refractivity contribution < 1.29 is 39.4 Å². The normalized spacial score (nSPS) is 9.58. The van der Waals surface area contributed by atoms with E-state index >= 15 is 0 Å². The SMILES string of the molecule is C=CCOC(=O)OCC=C.CCOCC.OCC(CO)(CO)CO. The van der Waals surface area contributed by atoms with Gasteiger partial charge in [-0.25, -0.2) is 4.79 Å². The zero-order chi connectivity index (χ0) is 19.3. The van der Waals surface area contributed by atoms with Gasteiger partial charge in [0.1, 0.15) is 13.2 Å². The molecule has 0 spiro atoms. The Bertz CT molecular complexity index is 256. The smallest absolute Gasteiger partial charge is 0.430 e. The highest BCUT2D eigenvalue weighted by Gasteiger charge is 2.26. The van der Waals surface area contributed by atoms with Crippen molar-refractivity contribution in [2.75, 3.05) is 52.9 Å². The molecule has 0 radical (unpaired) electrons. The van der Waals surface area contributed by atoms with Gasteiger partial charge in [-0.1, -0.05) is 25.3 Å². The molecular formula is C16H32O8. The minimum absolute atomic E-state index is 0.177. The first-order valence-corrected chi connectivity index (χ1v) is 7.49. The third-order valence-electron chi connectivity index (χ3n) is 2.39. The molecule has 0 aromatic heterocycles. The molecule has 0 heterocycles. The van der Waals surface area contributed by atoms with E-state index in [2.05, 4.69) is 22.6 Å². The highest BCUT2D eigenvalue weighted by molar-refractivity contribution is 5.60. The first-order chi connectivity index (χ1) is 11.5. The number of ether oxygens (including phenoxy) is 3. The summed E-state index contributed by atoms with van der Waals surface area (Å²) in [6.07, 6.45) is 2.24. The molecule has 0 unspecified atom stereocenters. The van der Waals surface area contributed by atoms with Crippen LogP contribution in [0.5, 0.6) is 0 Å². The van der Waals surface area contributed by atoms with Gasteiger partial charge in [0.15, 0.2) is 0 Å². The van der Waals surface area contributed by atoms with Gasteiger partial charge in [0.2, 0.25) is 0 Å². The van der Waals surface area contributed by atoms with E-state index in [0.717, 1.165) is 13.2 Å². The lowest BCUT2D eigenvalue weighted by molar-refractivity contribution is -0.0328. The number of rotatable bonds is 10. The van der Waals surface area contributed by atoms with Crippen molar-refractivity contribution in [3.8, 4) is 0 Å². The summed E-state index contributed by atoms with van der Waals surface area (Å²) in [6.45, 7) is 11.1. The predicted octanol–water partition coefficient (Wildman–Crippen LogP) is 0.496. The number of carbonyl (C=O) groups excluding carboxylic acids is 1. The summed E-state index contributed by atoms with van der Waals surface area (Å²) in [5.41, 5.74) is -1.11. The van der Waals surface area contributed by atoms with Crippen molar-refractivity contribution >= 4 is 6.16 Å². The van der Waals surface area contributed by atoms with E-state index in [1.807, 2.05) is 13.8 Å². The number of hydrogen-bond donors (Lipinski definition) is 4. The molecule has 8 nitrogen and oxygen atoms in total. The molecule has 144 valence electrons. The summed E-state index contributed by atoms with van der Waals surface area (Å²) < 4.78 is 13.8. The minimum atomic E-state index is -1.11. The summed E-state index contributed by atoms with van der Waals surface area (Å²) in [7, 11) is 0. The van der Waals surface area contributed by atoms with Crippen molar-refractivity contribution in [1.82, 2.24) is 0 Å². The van der Waals surface area contributed by atoms with Crippen LogP contribution in [0.4, 0.5) is 4.79 Å². The van der Waals surface area contributed by atoms with Crippen LogP contribution in [0, 0.1) is 5.41 Å². The second-order valence-corrected chi connectivity index (χ2v) is 4.36. The Labute approximate surface area is 144 Å². The second kappa shape index (κ2) is 21.6. The molecule has 0 aliphatic heterocycles. The Hall–Kier alpha value is -1.45. The lowest BCUT2D eigenvalue weighted by Crippen LogP contribution is -2.37. The molecule has 0 saturated carbocycles. The van der Waals surface area contributed by atoms with E-state index < -0.39 is 38.0 Å². The van der Waals surface area contributed by atoms with Crippen LogP contribution < -0.4 is 0 Å². The van der Waals surface area contributed by atoms with E-state index in [9.17, 15) is 4.79 Å². The van der Waals surface area contributed by atoms with Crippen molar-refractivity contribution in [2.24, 2.45) is 5.41 Å². The minimum Gasteiger partial charge on any atom is -0.430 e. The Morgan fingerprint density at radius 3 is 1.33 bits per heavy atom. The Balaban J connectivity index is -0.000000291.